The number of Topliss-reactive ketones (excluding diaryl/α,β-unsaturated/α-hetero) is 1. The SMILES string of the molecule is CC(=O)c1ccc(-n2c(C)c(C)n3c4c(=O)[nH]c(=O)n(C)c4nc23)cc1. The van der Waals surface area contributed by atoms with E-state index < -0.39 is 11.2 Å². The Hall–Kier alpha value is -3.42. The Labute approximate surface area is 147 Å². The number of aryl methyl sites for hydroxylation is 2. The molecule has 3 heterocycles. The van der Waals surface area contributed by atoms with Crippen LogP contribution in [0, 0.1) is 13.8 Å². The highest BCUT2D eigenvalue weighted by Crippen LogP contribution is 2.24. The average molecular weight is 351 g/mol. The van der Waals surface area contributed by atoms with Crippen LogP contribution in [0.15, 0.2) is 33.9 Å². The number of aromatic amines is 1. The molecule has 0 saturated heterocycles. The number of hydrogen-bond acceptors (Lipinski definition) is 4. The van der Waals surface area contributed by atoms with Crippen LogP contribution in [0.25, 0.3) is 22.6 Å². The van der Waals surface area contributed by atoms with Gasteiger partial charge in [0, 0.05) is 29.7 Å². The number of nitrogens with zero attached hydrogens (tertiary/aromatic N) is 4. The van der Waals surface area contributed by atoms with Crippen molar-refractivity contribution in [3.05, 3.63) is 62.1 Å². The van der Waals surface area contributed by atoms with Crippen molar-refractivity contribution in [2.75, 3.05) is 0 Å². The Bertz CT molecular complexity index is 1320. The summed E-state index contributed by atoms with van der Waals surface area (Å²) in [6, 6.07) is 7.19. The minimum Gasteiger partial charge on any atom is -0.295 e. The van der Waals surface area contributed by atoms with Crippen LogP contribution in [0.4, 0.5) is 0 Å². The smallest absolute Gasteiger partial charge is 0.295 e. The largest absolute Gasteiger partial charge is 0.329 e. The van der Waals surface area contributed by atoms with Crippen LogP contribution < -0.4 is 11.2 Å². The number of aromatic nitrogens is 5. The maximum Gasteiger partial charge on any atom is 0.329 e. The lowest BCUT2D eigenvalue weighted by molar-refractivity contribution is 0.101. The van der Waals surface area contributed by atoms with Crippen LogP contribution in [0.2, 0.25) is 0 Å². The number of H-pyrrole nitrogens is 1. The first kappa shape index (κ1) is 16.1. The summed E-state index contributed by atoms with van der Waals surface area (Å²) in [5, 5.41) is 0. The van der Waals surface area contributed by atoms with E-state index in [0.29, 0.717) is 22.5 Å². The fraction of sp³-hybridized carbons (Fsp3) is 0.222. The zero-order chi connectivity index (χ0) is 18.7. The van der Waals surface area contributed by atoms with Gasteiger partial charge in [-0.15, -0.1) is 0 Å². The van der Waals surface area contributed by atoms with E-state index in [1.165, 1.54) is 11.5 Å². The maximum absolute atomic E-state index is 12.4. The van der Waals surface area contributed by atoms with Crippen LogP contribution in [0.5, 0.6) is 0 Å². The predicted molar refractivity (Wildman–Crippen MR) is 97.4 cm³/mol. The molecule has 0 atom stereocenters. The van der Waals surface area contributed by atoms with Crippen molar-refractivity contribution in [1.29, 1.82) is 0 Å². The van der Waals surface area contributed by atoms with Crippen molar-refractivity contribution in [3.8, 4) is 5.69 Å². The highest BCUT2D eigenvalue weighted by Gasteiger charge is 2.21. The number of imidazole rings is 2. The van der Waals surface area contributed by atoms with Crippen LogP contribution in [-0.4, -0.2) is 29.3 Å². The molecule has 0 saturated carbocycles. The van der Waals surface area contributed by atoms with Gasteiger partial charge in [0.2, 0.25) is 5.78 Å². The minimum atomic E-state index is -0.505. The molecule has 1 aromatic carbocycles. The van der Waals surface area contributed by atoms with E-state index in [9.17, 15) is 14.4 Å². The Balaban J connectivity index is 2.12. The molecule has 0 aliphatic heterocycles. The molecule has 8 nitrogen and oxygen atoms in total. The first-order chi connectivity index (χ1) is 12.3. The summed E-state index contributed by atoms with van der Waals surface area (Å²) < 4.78 is 4.98. The van der Waals surface area contributed by atoms with Crippen molar-refractivity contribution >= 4 is 22.7 Å². The Morgan fingerprint density at radius 1 is 1.08 bits per heavy atom. The number of hydrogen-bond donors (Lipinski definition) is 1. The summed E-state index contributed by atoms with van der Waals surface area (Å²) in [6.07, 6.45) is 0. The van der Waals surface area contributed by atoms with Crippen LogP contribution in [0.1, 0.15) is 28.7 Å². The van der Waals surface area contributed by atoms with Gasteiger partial charge >= 0.3 is 5.69 Å². The second-order valence-corrected chi connectivity index (χ2v) is 6.35. The van der Waals surface area contributed by atoms with Gasteiger partial charge < -0.3 is 0 Å². The van der Waals surface area contributed by atoms with Gasteiger partial charge in [0.1, 0.15) is 0 Å². The summed E-state index contributed by atoms with van der Waals surface area (Å²) in [7, 11) is 1.57. The van der Waals surface area contributed by atoms with Crippen molar-refractivity contribution in [3.63, 3.8) is 0 Å². The Morgan fingerprint density at radius 3 is 2.35 bits per heavy atom. The molecular formula is C18H17N5O3. The molecular weight excluding hydrogens is 334 g/mol. The maximum atomic E-state index is 12.4. The van der Waals surface area contributed by atoms with Gasteiger partial charge in [-0.05, 0) is 45.0 Å². The summed E-state index contributed by atoms with van der Waals surface area (Å²) in [5.41, 5.74) is 2.90. The van der Waals surface area contributed by atoms with E-state index in [2.05, 4.69) is 9.97 Å². The van der Waals surface area contributed by atoms with Crippen molar-refractivity contribution in [2.24, 2.45) is 7.05 Å². The van der Waals surface area contributed by atoms with Gasteiger partial charge in [0.05, 0.1) is 0 Å². The topological polar surface area (TPSA) is 94.2 Å². The van der Waals surface area contributed by atoms with Crippen molar-refractivity contribution < 1.29 is 4.79 Å². The number of carbonyl (C=O) groups is 1. The Morgan fingerprint density at radius 2 is 1.73 bits per heavy atom. The third-order valence-corrected chi connectivity index (χ3v) is 4.83. The number of benzene rings is 1. The molecule has 0 spiro atoms. The minimum absolute atomic E-state index is 0.00445. The molecule has 0 aliphatic rings. The summed E-state index contributed by atoms with van der Waals surface area (Å²) in [6.45, 7) is 5.35. The lowest BCUT2D eigenvalue weighted by atomic mass is 10.1. The molecule has 4 rings (SSSR count). The summed E-state index contributed by atoms with van der Waals surface area (Å²) in [4.78, 5) is 42.6. The predicted octanol–water partition coefficient (Wildman–Crippen LogP) is 1.48. The van der Waals surface area contributed by atoms with Gasteiger partial charge in [0.25, 0.3) is 5.56 Å². The molecule has 3 aromatic heterocycles. The molecule has 0 unspecified atom stereocenters. The van der Waals surface area contributed by atoms with Gasteiger partial charge in [-0.2, -0.15) is 4.98 Å². The Kier molecular flexibility index (Phi) is 3.27. The molecule has 0 fully saturated rings. The molecule has 1 N–H and O–H groups in total. The molecule has 0 amide bonds. The van der Waals surface area contributed by atoms with Gasteiger partial charge in [-0.25, -0.2) is 4.79 Å². The van der Waals surface area contributed by atoms with E-state index in [4.69, 9.17) is 0 Å². The van der Waals surface area contributed by atoms with Crippen molar-refractivity contribution in [1.82, 2.24) is 23.5 Å². The van der Waals surface area contributed by atoms with E-state index in [0.717, 1.165) is 17.1 Å². The second kappa shape index (κ2) is 5.29. The summed E-state index contributed by atoms with van der Waals surface area (Å²) in [5.74, 6) is 0.535. The van der Waals surface area contributed by atoms with E-state index >= 15 is 0 Å². The second-order valence-electron chi connectivity index (χ2n) is 6.35. The van der Waals surface area contributed by atoms with Crippen LogP contribution >= 0.6 is 0 Å². The molecule has 26 heavy (non-hydrogen) atoms. The highest BCUT2D eigenvalue weighted by molar-refractivity contribution is 5.94. The lowest BCUT2D eigenvalue weighted by Gasteiger charge is -2.07. The fourth-order valence-corrected chi connectivity index (χ4v) is 3.27. The standard InChI is InChI=1S/C18H17N5O3/c1-9-10(2)23-14-15(21(4)18(26)20-16(14)25)19-17(23)22(9)13-7-5-12(6-8-13)11(3)24/h5-8H,1-4H3,(H,20,25,26). The lowest BCUT2D eigenvalue weighted by Crippen LogP contribution is -2.28. The third-order valence-electron chi connectivity index (χ3n) is 4.83. The number of rotatable bonds is 2. The zero-order valence-corrected chi connectivity index (χ0v) is 14.8. The molecule has 8 heteroatoms. The van der Waals surface area contributed by atoms with Gasteiger partial charge in [0.15, 0.2) is 16.9 Å². The quantitative estimate of drug-likeness (QED) is 0.554. The fourth-order valence-electron chi connectivity index (χ4n) is 3.27. The van der Waals surface area contributed by atoms with Gasteiger partial charge in [-0.3, -0.25) is 28.1 Å². The highest BCUT2D eigenvalue weighted by atomic mass is 16.2. The van der Waals surface area contributed by atoms with E-state index in [1.807, 2.05) is 30.5 Å². The number of fused-ring (bicyclic) bond motifs is 3. The number of carbonyl (C=O) groups excluding carboxylic acids is 1. The van der Waals surface area contributed by atoms with E-state index in [1.54, 1.807) is 23.6 Å². The van der Waals surface area contributed by atoms with Gasteiger partial charge in [-0.1, -0.05) is 0 Å². The molecule has 0 radical (unpaired) electrons. The summed E-state index contributed by atoms with van der Waals surface area (Å²) >= 11 is 0. The van der Waals surface area contributed by atoms with Crippen LogP contribution in [0.3, 0.4) is 0 Å². The molecule has 0 aliphatic carbocycles. The first-order valence-corrected chi connectivity index (χ1v) is 8.12. The van der Waals surface area contributed by atoms with E-state index in [-0.39, 0.29) is 5.78 Å². The number of nitrogens with one attached hydrogen (secondary N) is 1. The average Bonchev–Trinajstić information content (AvgIpc) is 3.10. The molecule has 0 bridgehead atoms. The third kappa shape index (κ3) is 2.01. The zero-order valence-electron chi connectivity index (χ0n) is 14.8. The molecule has 132 valence electrons. The monoisotopic (exact) mass is 351 g/mol. The number of ketones is 1. The first-order valence-electron chi connectivity index (χ1n) is 8.12. The van der Waals surface area contributed by atoms with Crippen molar-refractivity contribution in [2.45, 2.75) is 20.8 Å². The normalized spacial score (nSPS) is 11.5. The van der Waals surface area contributed by atoms with Crippen LogP contribution in [-0.2, 0) is 7.05 Å². The molecule has 4 aromatic rings.